The van der Waals surface area contributed by atoms with E-state index in [1.807, 2.05) is 0 Å². The molecule has 0 fully saturated rings. The van der Waals surface area contributed by atoms with Gasteiger partial charge in [-0.3, -0.25) is 4.79 Å². The van der Waals surface area contributed by atoms with Crippen LogP contribution in [0.3, 0.4) is 0 Å². The summed E-state index contributed by atoms with van der Waals surface area (Å²) in [6.45, 7) is 4.16. The monoisotopic (exact) mass is 694 g/mol. The average Bonchev–Trinajstić information content (AvgIpc) is 3.10. The topological polar surface area (TPSA) is 89.8 Å². The summed E-state index contributed by atoms with van der Waals surface area (Å²) in [4.78, 5) is 12.4. The van der Waals surface area contributed by atoms with Crippen molar-refractivity contribution in [1.29, 1.82) is 0 Å². The first-order chi connectivity index (χ1) is 24.1. The van der Waals surface area contributed by atoms with Crippen LogP contribution in [0.1, 0.15) is 239 Å². The molecule has 0 rings (SSSR count). The Morgan fingerprint density at radius 3 is 1.18 bits per heavy atom. The van der Waals surface area contributed by atoms with E-state index in [2.05, 4.69) is 31.3 Å². The zero-order chi connectivity index (χ0) is 35.9. The molecular weight excluding hydrogens is 606 g/mol. The van der Waals surface area contributed by atoms with E-state index in [1.54, 1.807) is 0 Å². The molecule has 4 N–H and O–H groups in total. The van der Waals surface area contributed by atoms with Gasteiger partial charge in [-0.15, -0.1) is 0 Å². The van der Waals surface area contributed by atoms with E-state index < -0.39 is 18.2 Å². The second-order valence-electron chi connectivity index (χ2n) is 15.3. The number of aliphatic hydroxyl groups excluding tert-OH is 3. The minimum absolute atomic E-state index is 0.146. The molecule has 0 saturated carbocycles. The minimum Gasteiger partial charge on any atom is -0.394 e. The second-order valence-corrected chi connectivity index (χ2v) is 15.3. The third-order valence-corrected chi connectivity index (χ3v) is 10.4. The van der Waals surface area contributed by atoms with Gasteiger partial charge in [-0.2, -0.15) is 0 Å². The number of hydrogen-bond acceptors (Lipinski definition) is 4. The van der Waals surface area contributed by atoms with Gasteiger partial charge >= 0.3 is 0 Å². The fraction of sp³-hybridized carbons (Fsp3) is 0.932. The number of nitrogens with one attached hydrogen (secondary N) is 1. The molecule has 5 heteroatoms. The molecule has 0 aromatic rings. The summed E-state index contributed by atoms with van der Waals surface area (Å²) in [5.74, 6) is -0.146. The molecular formula is C44H87NO4. The number of allylic oxidation sites excluding steroid dienone is 2. The maximum atomic E-state index is 12.4. The fourth-order valence-electron chi connectivity index (χ4n) is 6.92. The molecule has 0 aliphatic heterocycles. The molecule has 3 atom stereocenters. The number of amides is 1. The van der Waals surface area contributed by atoms with Crippen molar-refractivity contribution in [3.05, 3.63) is 12.2 Å². The Morgan fingerprint density at radius 1 is 0.490 bits per heavy atom. The van der Waals surface area contributed by atoms with Gasteiger partial charge in [0.15, 0.2) is 0 Å². The predicted molar refractivity (Wildman–Crippen MR) is 213 cm³/mol. The molecule has 0 spiro atoms. The van der Waals surface area contributed by atoms with E-state index in [0.717, 1.165) is 38.5 Å². The van der Waals surface area contributed by atoms with Crippen LogP contribution in [0.5, 0.6) is 0 Å². The molecule has 0 aliphatic rings. The van der Waals surface area contributed by atoms with Crippen LogP contribution in [-0.4, -0.2) is 46.1 Å². The Bertz CT molecular complexity index is 684. The Hall–Kier alpha value is -0.910. The molecule has 5 nitrogen and oxygen atoms in total. The van der Waals surface area contributed by atoms with Gasteiger partial charge < -0.3 is 20.6 Å². The number of hydrogen-bond donors (Lipinski definition) is 4. The molecule has 1 amide bonds. The molecule has 292 valence electrons. The van der Waals surface area contributed by atoms with Crippen molar-refractivity contribution in [3.63, 3.8) is 0 Å². The summed E-state index contributed by atoms with van der Waals surface area (Å²) in [7, 11) is 0. The van der Waals surface area contributed by atoms with Gasteiger partial charge in [-0.05, 0) is 38.5 Å². The van der Waals surface area contributed by atoms with Crippen molar-refractivity contribution in [2.75, 3.05) is 6.61 Å². The first-order valence-corrected chi connectivity index (χ1v) is 22.0. The van der Waals surface area contributed by atoms with Crippen LogP contribution in [0.15, 0.2) is 12.2 Å². The lowest BCUT2D eigenvalue weighted by Crippen LogP contribution is -2.50. The largest absolute Gasteiger partial charge is 0.394 e. The lowest BCUT2D eigenvalue weighted by atomic mass is 9.99. The molecule has 49 heavy (non-hydrogen) atoms. The Labute approximate surface area is 306 Å². The van der Waals surface area contributed by atoms with Crippen LogP contribution < -0.4 is 5.32 Å². The predicted octanol–water partition coefficient (Wildman–Crippen LogP) is 12.4. The van der Waals surface area contributed by atoms with Gasteiger partial charge in [0.25, 0.3) is 0 Å². The van der Waals surface area contributed by atoms with Gasteiger partial charge in [0.1, 0.15) is 6.10 Å². The van der Waals surface area contributed by atoms with Gasteiger partial charge in [0.2, 0.25) is 5.91 Å². The maximum Gasteiger partial charge on any atom is 0.220 e. The van der Waals surface area contributed by atoms with Crippen molar-refractivity contribution >= 4 is 5.91 Å². The van der Waals surface area contributed by atoms with Crippen molar-refractivity contribution < 1.29 is 20.1 Å². The van der Waals surface area contributed by atoms with Crippen molar-refractivity contribution in [2.24, 2.45) is 0 Å². The highest BCUT2D eigenvalue weighted by Gasteiger charge is 2.26. The summed E-state index contributed by atoms with van der Waals surface area (Å²) in [6, 6.07) is -0.804. The molecule has 3 unspecified atom stereocenters. The van der Waals surface area contributed by atoms with Gasteiger partial charge in [0.05, 0.1) is 18.8 Å². The number of carbonyl (C=O) groups excluding carboxylic acids is 1. The zero-order valence-corrected chi connectivity index (χ0v) is 33.1. The minimum atomic E-state index is -1.13. The van der Waals surface area contributed by atoms with Crippen LogP contribution in [0, 0.1) is 0 Å². The average molecular weight is 694 g/mol. The van der Waals surface area contributed by atoms with Crippen LogP contribution >= 0.6 is 0 Å². The Morgan fingerprint density at radius 2 is 0.816 bits per heavy atom. The number of rotatable bonds is 40. The lowest BCUT2D eigenvalue weighted by Gasteiger charge is -2.26. The number of unbranched alkanes of at least 4 members (excludes halogenated alkanes) is 30. The highest BCUT2D eigenvalue weighted by molar-refractivity contribution is 5.76. The molecule has 0 aliphatic carbocycles. The molecule has 0 aromatic heterocycles. The second kappa shape index (κ2) is 39.9. The number of aliphatic hydroxyl groups is 3. The van der Waals surface area contributed by atoms with E-state index in [4.69, 9.17) is 0 Å². The number of carbonyl (C=O) groups is 1. The first kappa shape index (κ1) is 48.1. The standard InChI is InChI=1S/C44H87NO4/c1-3-5-7-9-11-13-14-15-16-17-18-19-20-21-22-23-24-25-26-27-28-29-31-33-35-37-39-43(48)45-41(40-46)44(49)42(47)38-36-34-32-30-12-10-8-6-4-2/h21-22,41-42,44,46-47,49H,3-20,23-40H2,1-2H3,(H,45,48)/b22-21-. The third kappa shape index (κ3) is 35.3. The van der Waals surface area contributed by atoms with Gasteiger partial charge in [-0.1, -0.05) is 206 Å². The van der Waals surface area contributed by atoms with Crippen LogP contribution in [0.4, 0.5) is 0 Å². The first-order valence-electron chi connectivity index (χ1n) is 22.0. The summed E-state index contributed by atoms with van der Waals surface area (Å²) in [5.41, 5.74) is 0. The van der Waals surface area contributed by atoms with Crippen LogP contribution in [0.2, 0.25) is 0 Å². The molecule has 0 bridgehead atoms. The van der Waals surface area contributed by atoms with Gasteiger partial charge in [0, 0.05) is 6.42 Å². The van der Waals surface area contributed by atoms with E-state index >= 15 is 0 Å². The van der Waals surface area contributed by atoms with E-state index in [0.29, 0.717) is 12.8 Å². The highest BCUT2D eigenvalue weighted by Crippen LogP contribution is 2.16. The summed E-state index contributed by atoms with van der Waals surface area (Å²) >= 11 is 0. The van der Waals surface area contributed by atoms with Crippen molar-refractivity contribution in [1.82, 2.24) is 5.32 Å². The van der Waals surface area contributed by atoms with E-state index in [9.17, 15) is 20.1 Å². The third-order valence-electron chi connectivity index (χ3n) is 10.4. The molecule has 0 saturated heterocycles. The Kier molecular flexibility index (Phi) is 39.1. The normalized spacial score (nSPS) is 13.7. The quantitative estimate of drug-likeness (QED) is 0.0380. The fourth-order valence-corrected chi connectivity index (χ4v) is 6.92. The summed E-state index contributed by atoms with van der Waals surface area (Å²) in [6.07, 6.45) is 46.2. The van der Waals surface area contributed by atoms with Crippen LogP contribution in [-0.2, 0) is 4.79 Å². The van der Waals surface area contributed by atoms with Crippen molar-refractivity contribution in [3.8, 4) is 0 Å². The van der Waals surface area contributed by atoms with Crippen molar-refractivity contribution in [2.45, 2.75) is 257 Å². The highest BCUT2D eigenvalue weighted by atomic mass is 16.3. The lowest BCUT2D eigenvalue weighted by molar-refractivity contribution is -0.124. The van der Waals surface area contributed by atoms with E-state index in [1.165, 1.54) is 173 Å². The molecule has 0 heterocycles. The molecule has 0 aromatic carbocycles. The summed E-state index contributed by atoms with van der Waals surface area (Å²) < 4.78 is 0. The van der Waals surface area contributed by atoms with Crippen LogP contribution in [0.25, 0.3) is 0 Å². The van der Waals surface area contributed by atoms with Gasteiger partial charge in [-0.25, -0.2) is 0 Å². The smallest absolute Gasteiger partial charge is 0.220 e. The van der Waals surface area contributed by atoms with E-state index in [-0.39, 0.29) is 12.5 Å². The maximum absolute atomic E-state index is 12.4. The Balaban J connectivity index is 3.52. The summed E-state index contributed by atoms with van der Waals surface area (Å²) in [5, 5.41) is 33.3. The zero-order valence-electron chi connectivity index (χ0n) is 33.1. The SMILES string of the molecule is CCCCCCCCCCCCCC/C=C\CCCCCCCCCCCCC(=O)NC(CO)C(O)C(O)CCCCCCCCCCC. The molecule has 0 radical (unpaired) electrons.